The molecule has 0 aliphatic rings. The number of carbonyl (C=O) groups is 1. The molecule has 0 aromatic heterocycles. The molecule has 6 heteroatoms. The molecule has 0 saturated carbocycles. The number of nitro benzene ring substituents is 1. The highest BCUT2D eigenvalue weighted by Crippen LogP contribution is 2.12. The van der Waals surface area contributed by atoms with Gasteiger partial charge in [0.05, 0.1) is 11.5 Å². The van der Waals surface area contributed by atoms with Crippen molar-refractivity contribution in [1.29, 1.82) is 0 Å². The Morgan fingerprint density at radius 3 is 2.94 bits per heavy atom. The predicted molar refractivity (Wildman–Crippen MR) is 57.0 cm³/mol. The number of hydrogen-bond donors (Lipinski definition) is 1. The van der Waals surface area contributed by atoms with Gasteiger partial charge in [0.25, 0.3) is 5.69 Å². The Morgan fingerprint density at radius 1 is 1.56 bits per heavy atom. The van der Waals surface area contributed by atoms with Crippen LogP contribution in [0.3, 0.4) is 0 Å². The van der Waals surface area contributed by atoms with Gasteiger partial charge in [0.1, 0.15) is 0 Å². The molecule has 86 valence electrons. The van der Waals surface area contributed by atoms with E-state index < -0.39 is 11.0 Å². The van der Waals surface area contributed by atoms with E-state index in [1.165, 1.54) is 12.1 Å². The highest BCUT2D eigenvalue weighted by atomic mass is 16.6. The third kappa shape index (κ3) is 3.56. The van der Waals surface area contributed by atoms with Crippen molar-refractivity contribution in [3.63, 3.8) is 0 Å². The van der Waals surface area contributed by atoms with E-state index in [2.05, 4.69) is 10.1 Å². The number of alkyl carbamates (subject to hydrolysis) is 1. The van der Waals surface area contributed by atoms with Crippen molar-refractivity contribution >= 4 is 11.8 Å². The van der Waals surface area contributed by atoms with Crippen LogP contribution in [0.5, 0.6) is 0 Å². The van der Waals surface area contributed by atoms with Crippen LogP contribution in [0.15, 0.2) is 24.3 Å². The molecule has 1 N–H and O–H groups in total. The van der Waals surface area contributed by atoms with E-state index in [0.717, 1.165) is 0 Å². The van der Waals surface area contributed by atoms with E-state index in [1.54, 1.807) is 19.1 Å². The number of nitro groups is 1. The van der Waals surface area contributed by atoms with Crippen molar-refractivity contribution in [1.82, 2.24) is 5.32 Å². The number of hydrogen-bond acceptors (Lipinski definition) is 4. The van der Waals surface area contributed by atoms with Gasteiger partial charge in [0, 0.05) is 18.7 Å². The lowest BCUT2D eigenvalue weighted by Crippen LogP contribution is -2.23. The van der Waals surface area contributed by atoms with Crippen LogP contribution in [0.4, 0.5) is 10.5 Å². The summed E-state index contributed by atoms with van der Waals surface area (Å²) in [5.74, 6) is 0. The number of rotatable bonds is 4. The molecule has 0 bridgehead atoms. The monoisotopic (exact) mass is 224 g/mol. The van der Waals surface area contributed by atoms with Crippen LogP contribution < -0.4 is 5.32 Å². The quantitative estimate of drug-likeness (QED) is 0.625. The number of benzene rings is 1. The fraction of sp³-hybridized carbons (Fsp3) is 0.300. The third-order valence-electron chi connectivity index (χ3n) is 1.83. The van der Waals surface area contributed by atoms with E-state index in [-0.39, 0.29) is 12.2 Å². The van der Waals surface area contributed by atoms with Gasteiger partial charge in [-0.25, -0.2) is 4.79 Å². The van der Waals surface area contributed by atoms with Gasteiger partial charge in [-0.1, -0.05) is 12.1 Å². The molecule has 0 saturated heterocycles. The first-order valence-corrected chi connectivity index (χ1v) is 4.77. The molecular weight excluding hydrogens is 212 g/mol. The van der Waals surface area contributed by atoms with Gasteiger partial charge in [0.15, 0.2) is 0 Å². The van der Waals surface area contributed by atoms with Crippen molar-refractivity contribution < 1.29 is 14.5 Å². The summed E-state index contributed by atoms with van der Waals surface area (Å²) >= 11 is 0. The first-order valence-electron chi connectivity index (χ1n) is 4.77. The van der Waals surface area contributed by atoms with Crippen LogP contribution in [-0.2, 0) is 11.3 Å². The molecule has 0 unspecified atom stereocenters. The Bertz CT molecular complexity index is 392. The molecule has 1 rings (SSSR count). The van der Waals surface area contributed by atoms with Crippen molar-refractivity contribution in [3.8, 4) is 0 Å². The largest absolute Gasteiger partial charge is 0.450 e. The Labute approximate surface area is 92.4 Å². The number of ether oxygens (including phenoxy) is 1. The highest BCUT2D eigenvalue weighted by Gasteiger charge is 2.06. The van der Waals surface area contributed by atoms with E-state index in [1.807, 2.05) is 0 Å². The molecule has 0 radical (unpaired) electrons. The normalized spacial score (nSPS) is 9.56. The zero-order chi connectivity index (χ0) is 12.0. The van der Waals surface area contributed by atoms with Crippen LogP contribution in [0.25, 0.3) is 0 Å². The standard InChI is InChI=1S/C10H12N2O4/c1-2-16-10(13)11-7-8-4-3-5-9(6-8)12(14)15/h3-6H,2,7H2,1H3,(H,11,13). The van der Waals surface area contributed by atoms with Gasteiger partial charge in [0.2, 0.25) is 0 Å². The van der Waals surface area contributed by atoms with Crippen molar-refractivity contribution in [2.24, 2.45) is 0 Å². The maximum absolute atomic E-state index is 11.0. The highest BCUT2D eigenvalue weighted by molar-refractivity contribution is 5.67. The average molecular weight is 224 g/mol. The predicted octanol–water partition coefficient (Wildman–Crippen LogP) is 1.84. The maximum Gasteiger partial charge on any atom is 0.407 e. The van der Waals surface area contributed by atoms with E-state index >= 15 is 0 Å². The van der Waals surface area contributed by atoms with Crippen molar-refractivity contribution in [3.05, 3.63) is 39.9 Å². The van der Waals surface area contributed by atoms with Gasteiger partial charge in [-0.3, -0.25) is 10.1 Å². The number of carbonyl (C=O) groups excluding carboxylic acids is 1. The van der Waals surface area contributed by atoms with Crippen LogP contribution in [0.2, 0.25) is 0 Å². The zero-order valence-corrected chi connectivity index (χ0v) is 8.80. The maximum atomic E-state index is 11.0. The molecular formula is C10H12N2O4. The molecule has 0 aliphatic heterocycles. The summed E-state index contributed by atoms with van der Waals surface area (Å²) in [5, 5.41) is 13.0. The molecule has 0 heterocycles. The lowest BCUT2D eigenvalue weighted by Gasteiger charge is -2.04. The first-order chi connectivity index (χ1) is 7.63. The summed E-state index contributed by atoms with van der Waals surface area (Å²) in [4.78, 5) is 21.0. The Balaban J connectivity index is 2.57. The van der Waals surface area contributed by atoms with E-state index in [4.69, 9.17) is 0 Å². The molecule has 16 heavy (non-hydrogen) atoms. The van der Waals surface area contributed by atoms with Crippen LogP contribution in [-0.4, -0.2) is 17.6 Å². The Morgan fingerprint density at radius 2 is 2.31 bits per heavy atom. The third-order valence-corrected chi connectivity index (χ3v) is 1.83. The molecule has 0 aliphatic carbocycles. The molecule has 1 amide bonds. The van der Waals surface area contributed by atoms with Gasteiger partial charge >= 0.3 is 6.09 Å². The summed E-state index contributed by atoms with van der Waals surface area (Å²) in [6, 6.07) is 6.07. The lowest BCUT2D eigenvalue weighted by molar-refractivity contribution is -0.384. The lowest BCUT2D eigenvalue weighted by atomic mass is 10.2. The number of nitrogens with zero attached hydrogens (tertiary/aromatic N) is 1. The second-order valence-electron chi connectivity index (χ2n) is 3.00. The fourth-order valence-corrected chi connectivity index (χ4v) is 1.14. The van der Waals surface area contributed by atoms with Crippen LogP contribution >= 0.6 is 0 Å². The van der Waals surface area contributed by atoms with Crippen LogP contribution in [0.1, 0.15) is 12.5 Å². The summed E-state index contributed by atoms with van der Waals surface area (Å²) in [5.41, 5.74) is 0.658. The summed E-state index contributed by atoms with van der Waals surface area (Å²) < 4.78 is 4.66. The molecule has 1 aromatic carbocycles. The number of non-ortho nitro benzene ring substituents is 1. The second-order valence-corrected chi connectivity index (χ2v) is 3.00. The fourth-order valence-electron chi connectivity index (χ4n) is 1.14. The molecule has 0 spiro atoms. The molecule has 0 fully saturated rings. The topological polar surface area (TPSA) is 81.5 Å². The summed E-state index contributed by atoms with van der Waals surface area (Å²) in [7, 11) is 0. The van der Waals surface area contributed by atoms with E-state index in [0.29, 0.717) is 12.2 Å². The molecule has 1 aromatic rings. The summed E-state index contributed by atoms with van der Waals surface area (Å²) in [6.45, 7) is 2.20. The number of nitrogens with one attached hydrogen (secondary N) is 1. The summed E-state index contributed by atoms with van der Waals surface area (Å²) in [6.07, 6.45) is -0.533. The first kappa shape index (κ1) is 12.0. The molecule has 0 atom stereocenters. The van der Waals surface area contributed by atoms with Gasteiger partial charge in [-0.15, -0.1) is 0 Å². The van der Waals surface area contributed by atoms with Crippen molar-refractivity contribution in [2.75, 3.05) is 6.61 Å². The Hall–Kier alpha value is -2.11. The van der Waals surface area contributed by atoms with E-state index in [9.17, 15) is 14.9 Å². The minimum atomic E-state index is -0.533. The minimum absolute atomic E-state index is 0.00292. The molecule has 6 nitrogen and oxygen atoms in total. The Kier molecular flexibility index (Phi) is 4.26. The SMILES string of the molecule is CCOC(=O)NCc1cccc([N+](=O)[O-])c1. The second kappa shape index (κ2) is 5.69. The van der Waals surface area contributed by atoms with Gasteiger partial charge in [-0.05, 0) is 12.5 Å². The smallest absolute Gasteiger partial charge is 0.407 e. The average Bonchev–Trinajstić information content (AvgIpc) is 2.27. The zero-order valence-electron chi connectivity index (χ0n) is 8.80. The van der Waals surface area contributed by atoms with Gasteiger partial charge in [-0.2, -0.15) is 0 Å². The van der Waals surface area contributed by atoms with Crippen LogP contribution in [0, 0.1) is 10.1 Å². The van der Waals surface area contributed by atoms with Gasteiger partial charge < -0.3 is 10.1 Å². The minimum Gasteiger partial charge on any atom is -0.450 e. The number of amides is 1. The van der Waals surface area contributed by atoms with Crippen molar-refractivity contribution in [2.45, 2.75) is 13.5 Å².